The molecule has 2 aliphatic rings. The molecule has 11 heteroatoms. The molecule has 3 N–H and O–H groups in total. The third-order valence-electron chi connectivity index (χ3n) is 7.61. The number of nitrogens with one attached hydrogen (secondary N) is 3. The second-order valence-corrected chi connectivity index (χ2v) is 10.7. The van der Waals surface area contributed by atoms with Gasteiger partial charge in [-0.3, -0.25) is 24.0 Å². The van der Waals surface area contributed by atoms with Gasteiger partial charge in [0.25, 0.3) is 5.91 Å². The standard InChI is InChI=1S/C31H39N5O6/c1-21-31(41)35(2)23(18-22-10-4-3-5-11-22)20-42-26-13-7-6-12-24(26)29(39)34-25(19-27(37)33-21)30(40)32-15-9-17-36-16-8-14-28(36)38/h3-7,10-13,21,23,25H,8-9,14-20H2,1-2H3,(H,32,40)(H,33,37)(H,34,39)/t21-,23-,25-/m0/s1. The Morgan fingerprint density at radius 2 is 1.76 bits per heavy atom. The van der Waals surface area contributed by atoms with Crippen LogP contribution in [0.15, 0.2) is 54.6 Å². The average molecular weight is 578 g/mol. The number of para-hydroxylation sites is 1. The molecule has 0 bridgehead atoms. The Balaban J connectivity index is 1.51. The summed E-state index contributed by atoms with van der Waals surface area (Å²) in [4.78, 5) is 68.0. The zero-order valence-corrected chi connectivity index (χ0v) is 24.1. The van der Waals surface area contributed by atoms with Crippen LogP contribution in [0.5, 0.6) is 5.75 Å². The van der Waals surface area contributed by atoms with Gasteiger partial charge < -0.3 is 30.5 Å². The third-order valence-corrected chi connectivity index (χ3v) is 7.61. The first-order chi connectivity index (χ1) is 20.2. The molecule has 2 aromatic carbocycles. The third kappa shape index (κ3) is 8.08. The number of rotatable bonds is 7. The SMILES string of the molecule is C[C@@H]1NC(=O)C[C@@H](C(=O)NCCCN2CCCC2=O)NC(=O)c2ccccc2OC[C@H](Cc2ccccc2)N(C)C1=O. The highest BCUT2D eigenvalue weighted by molar-refractivity contribution is 6.01. The minimum atomic E-state index is -1.19. The first-order valence-corrected chi connectivity index (χ1v) is 14.4. The first-order valence-electron chi connectivity index (χ1n) is 14.4. The van der Waals surface area contributed by atoms with Crippen molar-refractivity contribution in [3.8, 4) is 5.75 Å². The van der Waals surface area contributed by atoms with Gasteiger partial charge in [0.2, 0.25) is 23.6 Å². The molecule has 2 heterocycles. The van der Waals surface area contributed by atoms with Crippen LogP contribution in [0.3, 0.4) is 0 Å². The molecule has 42 heavy (non-hydrogen) atoms. The summed E-state index contributed by atoms with van der Waals surface area (Å²) in [6.07, 6.45) is 2.07. The summed E-state index contributed by atoms with van der Waals surface area (Å²) in [5.41, 5.74) is 1.22. The lowest BCUT2D eigenvalue weighted by Crippen LogP contribution is -2.54. The summed E-state index contributed by atoms with van der Waals surface area (Å²) >= 11 is 0. The highest BCUT2D eigenvalue weighted by atomic mass is 16.5. The molecule has 2 aliphatic heterocycles. The Kier molecular flexibility index (Phi) is 10.5. The van der Waals surface area contributed by atoms with Gasteiger partial charge in [-0.05, 0) is 43.9 Å². The number of carbonyl (C=O) groups excluding carboxylic acids is 5. The van der Waals surface area contributed by atoms with Gasteiger partial charge in [-0.25, -0.2) is 0 Å². The maximum Gasteiger partial charge on any atom is 0.255 e. The molecular weight excluding hydrogens is 538 g/mol. The second-order valence-electron chi connectivity index (χ2n) is 10.7. The lowest BCUT2D eigenvalue weighted by Gasteiger charge is -2.31. The van der Waals surface area contributed by atoms with Crippen molar-refractivity contribution in [3.63, 3.8) is 0 Å². The van der Waals surface area contributed by atoms with Crippen molar-refractivity contribution in [1.82, 2.24) is 25.8 Å². The average Bonchev–Trinajstić information content (AvgIpc) is 3.40. The van der Waals surface area contributed by atoms with Crippen LogP contribution in [0.4, 0.5) is 0 Å². The van der Waals surface area contributed by atoms with E-state index in [2.05, 4.69) is 16.0 Å². The zero-order chi connectivity index (χ0) is 30.1. The van der Waals surface area contributed by atoms with Crippen LogP contribution < -0.4 is 20.7 Å². The molecule has 1 saturated heterocycles. The van der Waals surface area contributed by atoms with E-state index in [1.165, 1.54) is 0 Å². The molecule has 2 aromatic rings. The monoisotopic (exact) mass is 577 g/mol. The maximum atomic E-state index is 13.4. The number of benzene rings is 2. The Labute approximate surface area is 246 Å². The summed E-state index contributed by atoms with van der Waals surface area (Å²) in [7, 11) is 1.67. The molecule has 0 saturated carbocycles. The van der Waals surface area contributed by atoms with Crippen LogP contribution in [0, 0.1) is 0 Å². The predicted molar refractivity (Wildman–Crippen MR) is 156 cm³/mol. The molecule has 4 rings (SSSR count). The smallest absolute Gasteiger partial charge is 0.255 e. The fraction of sp³-hybridized carbons (Fsp3) is 0.452. The second kappa shape index (κ2) is 14.5. The van der Waals surface area contributed by atoms with Gasteiger partial charge in [0.1, 0.15) is 24.4 Å². The summed E-state index contributed by atoms with van der Waals surface area (Å²) < 4.78 is 6.12. The van der Waals surface area contributed by atoms with Crippen LogP contribution in [-0.2, 0) is 25.6 Å². The highest BCUT2D eigenvalue weighted by Crippen LogP contribution is 2.20. The Morgan fingerprint density at radius 1 is 1.02 bits per heavy atom. The van der Waals surface area contributed by atoms with Crippen molar-refractivity contribution in [3.05, 3.63) is 65.7 Å². The van der Waals surface area contributed by atoms with E-state index in [-0.39, 0.29) is 43.0 Å². The fourth-order valence-corrected chi connectivity index (χ4v) is 5.18. The van der Waals surface area contributed by atoms with Crippen LogP contribution in [-0.4, -0.2) is 90.8 Å². The summed E-state index contributed by atoms with van der Waals surface area (Å²) in [6, 6.07) is 13.9. The highest BCUT2D eigenvalue weighted by Gasteiger charge is 2.31. The summed E-state index contributed by atoms with van der Waals surface area (Å²) in [6.45, 7) is 3.21. The summed E-state index contributed by atoms with van der Waals surface area (Å²) in [5.74, 6) is -1.53. The van der Waals surface area contributed by atoms with Gasteiger partial charge in [0, 0.05) is 33.1 Å². The summed E-state index contributed by atoms with van der Waals surface area (Å²) in [5, 5.41) is 8.13. The van der Waals surface area contributed by atoms with Crippen molar-refractivity contribution in [1.29, 1.82) is 0 Å². The molecule has 0 radical (unpaired) electrons. The molecule has 0 aromatic heterocycles. The van der Waals surface area contributed by atoms with Gasteiger partial charge in [-0.1, -0.05) is 42.5 Å². The van der Waals surface area contributed by atoms with Crippen LogP contribution >= 0.6 is 0 Å². The van der Waals surface area contributed by atoms with E-state index >= 15 is 0 Å². The molecule has 1 fully saturated rings. The Bertz CT molecular complexity index is 1290. The minimum absolute atomic E-state index is 0.103. The van der Waals surface area contributed by atoms with Gasteiger partial charge in [-0.2, -0.15) is 0 Å². The van der Waals surface area contributed by atoms with Gasteiger partial charge in [0.05, 0.1) is 18.0 Å². The number of amides is 5. The lowest BCUT2D eigenvalue weighted by molar-refractivity contribution is -0.137. The molecule has 0 spiro atoms. The number of fused-ring (bicyclic) bond motifs is 1. The maximum absolute atomic E-state index is 13.4. The van der Waals surface area contributed by atoms with E-state index in [0.29, 0.717) is 38.1 Å². The molecule has 5 amide bonds. The van der Waals surface area contributed by atoms with E-state index < -0.39 is 29.8 Å². The first kappa shape index (κ1) is 30.5. The molecule has 0 unspecified atom stereocenters. The number of ether oxygens (including phenoxy) is 1. The van der Waals surface area contributed by atoms with E-state index in [9.17, 15) is 24.0 Å². The van der Waals surface area contributed by atoms with Gasteiger partial charge in [-0.15, -0.1) is 0 Å². The number of hydrogen-bond donors (Lipinski definition) is 3. The minimum Gasteiger partial charge on any atom is -0.491 e. The molecule has 11 nitrogen and oxygen atoms in total. The van der Waals surface area contributed by atoms with E-state index in [1.807, 2.05) is 30.3 Å². The number of nitrogens with zero attached hydrogens (tertiary/aromatic N) is 2. The number of likely N-dealkylation sites (N-methyl/N-ethyl adjacent to an activating group) is 1. The normalized spacial score (nSPS) is 22.0. The number of hydrogen-bond acceptors (Lipinski definition) is 6. The number of carbonyl (C=O) groups is 5. The molecule has 0 aliphatic carbocycles. The van der Waals surface area contributed by atoms with E-state index in [1.54, 1.807) is 48.0 Å². The number of likely N-dealkylation sites (tertiary alicyclic amines) is 1. The quantitative estimate of drug-likeness (QED) is 0.424. The fourth-order valence-electron chi connectivity index (χ4n) is 5.18. The Hall–Kier alpha value is -4.41. The molecular formula is C31H39N5O6. The van der Waals surface area contributed by atoms with Crippen molar-refractivity contribution in [2.75, 3.05) is 33.3 Å². The largest absolute Gasteiger partial charge is 0.491 e. The molecule has 3 atom stereocenters. The zero-order valence-electron chi connectivity index (χ0n) is 24.1. The van der Waals surface area contributed by atoms with Gasteiger partial charge in [0.15, 0.2) is 0 Å². The van der Waals surface area contributed by atoms with Crippen molar-refractivity contribution < 1.29 is 28.7 Å². The van der Waals surface area contributed by atoms with Crippen LogP contribution in [0.1, 0.15) is 48.5 Å². The topological polar surface area (TPSA) is 137 Å². The van der Waals surface area contributed by atoms with Crippen LogP contribution in [0.25, 0.3) is 0 Å². The van der Waals surface area contributed by atoms with E-state index in [4.69, 9.17) is 4.74 Å². The Morgan fingerprint density at radius 3 is 2.50 bits per heavy atom. The van der Waals surface area contributed by atoms with Crippen molar-refractivity contribution >= 4 is 29.5 Å². The van der Waals surface area contributed by atoms with Crippen LogP contribution in [0.2, 0.25) is 0 Å². The lowest BCUT2D eigenvalue weighted by atomic mass is 10.0. The van der Waals surface area contributed by atoms with Gasteiger partial charge >= 0.3 is 0 Å². The van der Waals surface area contributed by atoms with E-state index in [0.717, 1.165) is 12.0 Å². The predicted octanol–water partition coefficient (Wildman–Crippen LogP) is 1.27. The molecule has 224 valence electrons. The van der Waals surface area contributed by atoms with Crippen molar-refractivity contribution in [2.45, 2.75) is 57.2 Å². The van der Waals surface area contributed by atoms with Crippen molar-refractivity contribution in [2.24, 2.45) is 0 Å².